The van der Waals surface area contributed by atoms with Crippen molar-refractivity contribution >= 4 is 23.1 Å². The van der Waals surface area contributed by atoms with Gasteiger partial charge in [-0.25, -0.2) is 0 Å². The van der Waals surface area contributed by atoms with Crippen molar-refractivity contribution in [3.63, 3.8) is 0 Å². The molecular weight excluding hydrogens is 296 g/mol. The molecular formula is C18H20O5. The van der Waals surface area contributed by atoms with Crippen LogP contribution < -0.4 is 0 Å². The quantitative estimate of drug-likeness (QED) is 0.607. The van der Waals surface area contributed by atoms with Gasteiger partial charge in [-0.2, -0.15) is 0 Å². The summed E-state index contributed by atoms with van der Waals surface area (Å²) in [6.45, 7) is 7.50. The standard InChI is InChI=1S/C18H20O5/c1-7(2)9-5-11(19)16(21)15-13(9)14-10(8(3)4)6-12(20)18(15,23)17(14)22/h5-8,13-15,23H,1-4H3. The zero-order valence-corrected chi connectivity index (χ0v) is 13.6. The molecule has 0 aliphatic heterocycles. The van der Waals surface area contributed by atoms with Crippen molar-refractivity contribution < 1.29 is 24.3 Å². The van der Waals surface area contributed by atoms with Gasteiger partial charge in [-0.1, -0.05) is 38.8 Å². The van der Waals surface area contributed by atoms with Crippen LogP contribution in [0.2, 0.25) is 0 Å². The summed E-state index contributed by atoms with van der Waals surface area (Å²) in [5.74, 6) is -5.65. The third kappa shape index (κ3) is 1.83. The number of Topliss-reactive ketones (excluding diaryl/α,β-unsaturated/α-hetero) is 2. The van der Waals surface area contributed by atoms with E-state index in [1.54, 1.807) is 0 Å². The van der Waals surface area contributed by atoms with Crippen LogP contribution in [0.4, 0.5) is 0 Å². The zero-order valence-electron chi connectivity index (χ0n) is 13.6. The van der Waals surface area contributed by atoms with Crippen LogP contribution in [0.15, 0.2) is 23.3 Å². The molecule has 0 aromatic carbocycles. The van der Waals surface area contributed by atoms with Crippen molar-refractivity contribution in [3.05, 3.63) is 23.3 Å². The van der Waals surface area contributed by atoms with Gasteiger partial charge in [0.05, 0.1) is 11.8 Å². The minimum atomic E-state index is -2.38. The van der Waals surface area contributed by atoms with Crippen molar-refractivity contribution in [1.29, 1.82) is 0 Å². The van der Waals surface area contributed by atoms with Gasteiger partial charge in [-0.3, -0.25) is 19.2 Å². The van der Waals surface area contributed by atoms with E-state index in [1.807, 2.05) is 27.7 Å². The van der Waals surface area contributed by atoms with Crippen LogP contribution in [0.25, 0.3) is 0 Å². The van der Waals surface area contributed by atoms with Crippen LogP contribution in [-0.2, 0) is 19.2 Å². The molecule has 5 heteroatoms. The lowest BCUT2D eigenvalue weighted by atomic mass is 9.69. The predicted molar refractivity (Wildman–Crippen MR) is 81.3 cm³/mol. The van der Waals surface area contributed by atoms with Gasteiger partial charge in [0.2, 0.25) is 11.6 Å². The lowest BCUT2D eigenvalue weighted by Crippen LogP contribution is -2.54. The first-order valence-corrected chi connectivity index (χ1v) is 7.94. The number of carbonyl (C=O) groups is 4. The average molecular weight is 316 g/mol. The fraction of sp³-hybridized carbons (Fsp3) is 0.556. The van der Waals surface area contributed by atoms with Crippen molar-refractivity contribution in [2.75, 3.05) is 0 Å². The van der Waals surface area contributed by atoms with E-state index in [1.165, 1.54) is 12.2 Å². The van der Waals surface area contributed by atoms with Crippen molar-refractivity contribution in [3.8, 4) is 0 Å². The minimum absolute atomic E-state index is 0.0567. The maximum Gasteiger partial charge on any atom is 0.221 e. The molecule has 2 bridgehead atoms. The van der Waals surface area contributed by atoms with E-state index in [4.69, 9.17) is 0 Å². The van der Waals surface area contributed by atoms with Gasteiger partial charge in [-0.05, 0) is 24.0 Å². The van der Waals surface area contributed by atoms with Gasteiger partial charge in [0.15, 0.2) is 17.2 Å². The maximum atomic E-state index is 12.8. The molecule has 0 amide bonds. The molecule has 122 valence electrons. The summed E-state index contributed by atoms with van der Waals surface area (Å²) in [5.41, 5.74) is -1.06. The Bertz CT molecular complexity index is 709. The third-order valence-corrected chi connectivity index (χ3v) is 5.40. The smallest absolute Gasteiger partial charge is 0.221 e. The zero-order chi connectivity index (χ0) is 17.3. The average Bonchev–Trinajstić information content (AvgIpc) is 2.62. The Morgan fingerprint density at radius 1 is 0.957 bits per heavy atom. The van der Waals surface area contributed by atoms with Crippen molar-refractivity contribution in [2.24, 2.45) is 29.6 Å². The second-order valence-corrected chi connectivity index (χ2v) is 7.30. The van der Waals surface area contributed by atoms with Gasteiger partial charge in [0, 0.05) is 5.92 Å². The molecule has 0 aromatic heterocycles. The number of hydrogen-bond donors (Lipinski definition) is 1. The second kappa shape index (κ2) is 4.81. The number of aliphatic hydroxyl groups is 1. The highest BCUT2D eigenvalue weighted by molar-refractivity contribution is 6.46. The lowest BCUT2D eigenvalue weighted by molar-refractivity contribution is -0.156. The molecule has 0 saturated heterocycles. The Labute approximate surface area is 134 Å². The number of allylic oxidation sites excluding steroid dienone is 3. The second-order valence-electron chi connectivity index (χ2n) is 7.30. The summed E-state index contributed by atoms with van der Waals surface area (Å²) in [5, 5.41) is 10.8. The summed E-state index contributed by atoms with van der Waals surface area (Å²) in [6.07, 6.45) is 2.61. The van der Waals surface area contributed by atoms with Crippen LogP contribution in [-0.4, -0.2) is 33.8 Å². The summed E-state index contributed by atoms with van der Waals surface area (Å²) in [7, 11) is 0. The van der Waals surface area contributed by atoms with Gasteiger partial charge in [0.1, 0.15) is 0 Å². The summed E-state index contributed by atoms with van der Waals surface area (Å²) in [4.78, 5) is 49.7. The first-order chi connectivity index (χ1) is 10.6. The number of ketones is 4. The topological polar surface area (TPSA) is 88.5 Å². The van der Waals surface area contributed by atoms with E-state index in [-0.39, 0.29) is 11.8 Å². The van der Waals surface area contributed by atoms with Crippen LogP contribution in [0.1, 0.15) is 27.7 Å². The van der Waals surface area contributed by atoms with Gasteiger partial charge >= 0.3 is 0 Å². The number of hydrogen-bond acceptors (Lipinski definition) is 5. The molecule has 3 rings (SSSR count). The Hall–Kier alpha value is -1.88. The molecule has 23 heavy (non-hydrogen) atoms. The fourth-order valence-electron chi connectivity index (χ4n) is 4.28. The normalized spacial score (nSPS) is 36.6. The van der Waals surface area contributed by atoms with E-state index in [0.717, 1.165) is 0 Å². The first kappa shape index (κ1) is 16.0. The van der Waals surface area contributed by atoms with E-state index in [2.05, 4.69) is 0 Å². The Kier molecular flexibility index (Phi) is 3.34. The third-order valence-electron chi connectivity index (χ3n) is 5.40. The molecule has 4 atom stereocenters. The molecule has 1 fully saturated rings. The molecule has 1 N–H and O–H groups in total. The molecule has 0 spiro atoms. The fourth-order valence-corrected chi connectivity index (χ4v) is 4.28. The monoisotopic (exact) mass is 316 g/mol. The first-order valence-electron chi connectivity index (χ1n) is 7.94. The molecule has 5 nitrogen and oxygen atoms in total. The molecule has 0 heterocycles. The minimum Gasteiger partial charge on any atom is -0.374 e. The Balaban J connectivity index is 2.29. The lowest BCUT2D eigenvalue weighted by Gasteiger charge is -2.32. The van der Waals surface area contributed by atoms with Gasteiger partial charge in [0.25, 0.3) is 0 Å². The van der Waals surface area contributed by atoms with Crippen LogP contribution >= 0.6 is 0 Å². The van der Waals surface area contributed by atoms with E-state index in [9.17, 15) is 24.3 Å². The van der Waals surface area contributed by atoms with E-state index < -0.39 is 46.5 Å². The van der Waals surface area contributed by atoms with Gasteiger partial charge in [-0.15, -0.1) is 0 Å². The maximum absolute atomic E-state index is 12.8. The van der Waals surface area contributed by atoms with Crippen LogP contribution in [0.3, 0.4) is 0 Å². The van der Waals surface area contributed by atoms with E-state index in [0.29, 0.717) is 11.1 Å². The van der Waals surface area contributed by atoms with Crippen LogP contribution in [0, 0.1) is 29.6 Å². The Morgan fingerprint density at radius 2 is 1.52 bits per heavy atom. The highest BCUT2D eigenvalue weighted by Crippen LogP contribution is 2.55. The largest absolute Gasteiger partial charge is 0.374 e. The molecule has 3 aliphatic carbocycles. The van der Waals surface area contributed by atoms with Gasteiger partial charge < -0.3 is 5.11 Å². The molecule has 0 aromatic rings. The van der Waals surface area contributed by atoms with E-state index >= 15 is 0 Å². The number of fused-ring (bicyclic) bond motifs is 5. The summed E-state index contributed by atoms with van der Waals surface area (Å²) >= 11 is 0. The molecule has 4 unspecified atom stereocenters. The molecule has 1 saturated carbocycles. The predicted octanol–water partition coefficient (Wildman–Crippen LogP) is 1.05. The van der Waals surface area contributed by atoms with Crippen molar-refractivity contribution in [1.82, 2.24) is 0 Å². The number of rotatable bonds is 2. The van der Waals surface area contributed by atoms with Crippen molar-refractivity contribution in [2.45, 2.75) is 33.3 Å². The Morgan fingerprint density at radius 3 is 2.04 bits per heavy atom. The molecule has 0 radical (unpaired) electrons. The SMILES string of the molecule is CC(C)C1=CC(=O)C2(O)C(=O)C1C1C(C(C)C)=CC(=O)C(=O)C12. The summed E-state index contributed by atoms with van der Waals surface area (Å²) in [6, 6.07) is 0. The highest BCUT2D eigenvalue weighted by Gasteiger charge is 2.70. The molecule has 3 aliphatic rings. The van der Waals surface area contributed by atoms with Crippen LogP contribution in [0.5, 0.6) is 0 Å². The number of carbonyl (C=O) groups excluding carboxylic acids is 4. The summed E-state index contributed by atoms with van der Waals surface area (Å²) < 4.78 is 0. The highest BCUT2D eigenvalue weighted by atomic mass is 16.3.